The minimum atomic E-state index is -0.652. The van der Waals surface area contributed by atoms with Gasteiger partial charge >= 0.3 is 0 Å². The second kappa shape index (κ2) is 11.6. The van der Waals surface area contributed by atoms with Gasteiger partial charge in [-0.25, -0.2) is 4.98 Å². The summed E-state index contributed by atoms with van der Waals surface area (Å²) in [5, 5.41) is 5.49. The molecule has 1 aromatic heterocycles. The number of methoxy groups -OCH3 is 1. The Bertz CT molecular complexity index is 844. The summed E-state index contributed by atoms with van der Waals surface area (Å²) in [5.74, 6) is 1.08. The van der Waals surface area contributed by atoms with Crippen LogP contribution in [0.2, 0.25) is 0 Å². The van der Waals surface area contributed by atoms with Crippen LogP contribution in [0.3, 0.4) is 0 Å². The second-order valence-electron chi connectivity index (χ2n) is 6.75. The molecule has 30 heavy (non-hydrogen) atoms. The molecule has 2 rings (SSSR count). The molecule has 2 amide bonds. The van der Waals surface area contributed by atoms with E-state index < -0.39 is 6.04 Å². The van der Waals surface area contributed by atoms with Gasteiger partial charge in [-0.3, -0.25) is 9.59 Å². The highest BCUT2D eigenvalue weighted by Gasteiger charge is 2.14. The van der Waals surface area contributed by atoms with Crippen molar-refractivity contribution in [2.75, 3.05) is 25.1 Å². The Labute approximate surface area is 178 Å². The molecular weight excluding hydrogens is 380 g/mol. The Morgan fingerprint density at radius 1 is 1.13 bits per heavy atom. The Hall–Kier alpha value is -3.35. The number of aromatic nitrogens is 1. The number of carbonyl (C=O) groups is 2. The average Bonchev–Trinajstić information content (AvgIpc) is 2.78. The van der Waals surface area contributed by atoms with E-state index in [9.17, 15) is 9.59 Å². The SMILES string of the molecule is CCN(CC)c1ccc(CNC(=O)C(C)NC(=O)/C=C/c2ccc(OC)cc2)cn1. The molecule has 0 radical (unpaired) electrons. The largest absolute Gasteiger partial charge is 0.497 e. The number of nitrogens with one attached hydrogen (secondary N) is 2. The normalized spacial score (nSPS) is 11.7. The minimum Gasteiger partial charge on any atom is -0.497 e. The van der Waals surface area contributed by atoms with E-state index in [2.05, 4.69) is 34.4 Å². The van der Waals surface area contributed by atoms with E-state index in [1.54, 1.807) is 26.3 Å². The molecule has 160 valence electrons. The first-order valence-corrected chi connectivity index (χ1v) is 10.1. The first kappa shape index (κ1) is 22.9. The number of hydrogen-bond donors (Lipinski definition) is 2. The Morgan fingerprint density at radius 3 is 2.40 bits per heavy atom. The molecule has 0 aliphatic carbocycles. The van der Waals surface area contributed by atoms with Gasteiger partial charge < -0.3 is 20.3 Å². The predicted octanol–water partition coefficient (Wildman–Crippen LogP) is 2.77. The van der Waals surface area contributed by atoms with Gasteiger partial charge in [0.05, 0.1) is 7.11 Å². The maximum atomic E-state index is 12.3. The highest BCUT2D eigenvalue weighted by Crippen LogP contribution is 2.12. The smallest absolute Gasteiger partial charge is 0.244 e. The van der Waals surface area contributed by atoms with Crippen LogP contribution in [0, 0.1) is 0 Å². The summed E-state index contributed by atoms with van der Waals surface area (Å²) >= 11 is 0. The lowest BCUT2D eigenvalue weighted by Crippen LogP contribution is -2.44. The van der Waals surface area contributed by atoms with Gasteiger partial charge in [0.25, 0.3) is 0 Å². The lowest BCUT2D eigenvalue weighted by atomic mass is 10.2. The minimum absolute atomic E-state index is 0.256. The summed E-state index contributed by atoms with van der Waals surface area (Å²) in [7, 11) is 1.60. The number of benzene rings is 1. The number of nitrogens with zero attached hydrogens (tertiary/aromatic N) is 2. The molecule has 0 bridgehead atoms. The van der Waals surface area contributed by atoms with E-state index in [0.29, 0.717) is 6.54 Å². The zero-order valence-corrected chi connectivity index (χ0v) is 18.0. The van der Waals surface area contributed by atoms with Crippen LogP contribution < -0.4 is 20.3 Å². The molecule has 1 heterocycles. The summed E-state index contributed by atoms with van der Waals surface area (Å²) in [5.41, 5.74) is 1.76. The van der Waals surface area contributed by atoms with E-state index in [1.807, 2.05) is 36.4 Å². The van der Waals surface area contributed by atoms with Gasteiger partial charge in [0.2, 0.25) is 11.8 Å². The number of rotatable bonds is 10. The average molecular weight is 411 g/mol. The molecule has 1 atom stereocenters. The third kappa shape index (κ3) is 6.92. The van der Waals surface area contributed by atoms with Crippen LogP contribution in [0.1, 0.15) is 31.9 Å². The van der Waals surface area contributed by atoms with Crippen LogP contribution >= 0.6 is 0 Å². The van der Waals surface area contributed by atoms with Gasteiger partial charge in [-0.1, -0.05) is 18.2 Å². The number of carbonyl (C=O) groups excluding carboxylic acids is 2. The molecule has 0 saturated carbocycles. The number of hydrogen-bond acceptors (Lipinski definition) is 5. The first-order chi connectivity index (χ1) is 14.5. The lowest BCUT2D eigenvalue weighted by Gasteiger charge is -2.19. The van der Waals surface area contributed by atoms with Gasteiger partial charge in [-0.2, -0.15) is 0 Å². The third-order valence-corrected chi connectivity index (χ3v) is 4.66. The van der Waals surface area contributed by atoms with Crippen molar-refractivity contribution in [1.82, 2.24) is 15.6 Å². The zero-order chi connectivity index (χ0) is 21.9. The highest BCUT2D eigenvalue weighted by molar-refractivity contribution is 5.95. The van der Waals surface area contributed by atoms with Crippen LogP contribution in [0.5, 0.6) is 5.75 Å². The summed E-state index contributed by atoms with van der Waals surface area (Å²) in [6.07, 6.45) is 4.85. The third-order valence-electron chi connectivity index (χ3n) is 4.66. The number of amides is 2. The van der Waals surface area contributed by atoms with E-state index >= 15 is 0 Å². The molecule has 1 aromatic carbocycles. The number of pyridine rings is 1. The molecule has 1 unspecified atom stereocenters. The fourth-order valence-corrected chi connectivity index (χ4v) is 2.81. The Morgan fingerprint density at radius 2 is 1.83 bits per heavy atom. The summed E-state index contributed by atoms with van der Waals surface area (Å²) < 4.78 is 5.10. The van der Waals surface area contributed by atoms with Crippen molar-refractivity contribution in [3.8, 4) is 5.75 Å². The molecule has 2 N–H and O–H groups in total. The summed E-state index contributed by atoms with van der Waals surface area (Å²) in [6, 6.07) is 10.6. The van der Waals surface area contributed by atoms with E-state index in [-0.39, 0.29) is 11.8 Å². The van der Waals surface area contributed by atoms with Gasteiger partial charge in [0.15, 0.2) is 0 Å². The van der Waals surface area contributed by atoms with Gasteiger partial charge in [0, 0.05) is 31.9 Å². The molecule has 7 heteroatoms. The molecular formula is C23H30N4O3. The van der Waals surface area contributed by atoms with Crippen molar-refractivity contribution < 1.29 is 14.3 Å². The number of ether oxygens (including phenoxy) is 1. The van der Waals surface area contributed by atoms with Crippen LogP contribution in [0.25, 0.3) is 6.08 Å². The molecule has 0 aliphatic rings. The molecule has 0 aliphatic heterocycles. The summed E-state index contributed by atoms with van der Waals surface area (Å²) in [6.45, 7) is 7.96. The fraction of sp³-hybridized carbons (Fsp3) is 0.348. The Balaban J connectivity index is 1.80. The summed E-state index contributed by atoms with van der Waals surface area (Å²) in [4.78, 5) is 30.9. The van der Waals surface area contributed by atoms with Crippen molar-refractivity contribution in [2.24, 2.45) is 0 Å². The standard InChI is InChI=1S/C23H30N4O3/c1-5-27(6-2)21-13-9-19(15-24-21)16-25-23(29)17(3)26-22(28)14-10-18-7-11-20(30-4)12-8-18/h7-15,17H,5-6,16H2,1-4H3,(H,25,29)(H,26,28)/b14-10+. The van der Waals surface area contributed by atoms with E-state index in [0.717, 1.165) is 35.8 Å². The number of anilines is 1. The van der Waals surface area contributed by atoms with Gasteiger partial charge in [0.1, 0.15) is 17.6 Å². The maximum Gasteiger partial charge on any atom is 0.244 e. The lowest BCUT2D eigenvalue weighted by molar-refractivity contribution is -0.126. The molecule has 0 fully saturated rings. The second-order valence-corrected chi connectivity index (χ2v) is 6.75. The highest BCUT2D eigenvalue weighted by atomic mass is 16.5. The van der Waals surface area contributed by atoms with Crippen LogP contribution in [-0.4, -0.2) is 43.0 Å². The Kier molecular flexibility index (Phi) is 8.87. The van der Waals surface area contributed by atoms with Crippen LogP contribution in [0.15, 0.2) is 48.7 Å². The van der Waals surface area contributed by atoms with Crippen molar-refractivity contribution in [2.45, 2.75) is 33.4 Å². The molecule has 7 nitrogen and oxygen atoms in total. The van der Waals surface area contributed by atoms with Crippen LogP contribution in [-0.2, 0) is 16.1 Å². The molecule has 2 aromatic rings. The van der Waals surface area contributed by atoms with Crippen LogP contribution in [0.4, 0.5) is 5.82 Å². The topological polar surface area (TPSA) is 83.6 Å². The molecule has 0 saturated heterocycles. The maximum absolute atomic E-state index is 12.3. The first-order valence-electron chi connectivity index (χ1n) is 10.1. The van der Waals surface area contributed by atoms with E-state index in [4.69, 9.17) is 4.74 Å². The van der Waals surface area contributed by atoms with Crippen molar-refractivity contribution in [1.29, 1.82) is 0 Å². The van der Waals surface area contributed by atoms with E-state index in [1.165, 1.54) is 6.08 Å². The van der Waals surface area contributed by atoms with Crippen molar-refractivity contribution in [3.05, 3.63) is 59.8 Å². The monoisotopic (exact) mass is 410 g/mol. The predicted molar refractivity (Wildman–Crippen MR) is 119 cm³/mol. The zero-order valence-electron chi connectivity index (χ0n) is 18.0. The van der Waals surface area contributed by atoms with Crippen molar-refractivity contribution >= 4 is 23.7 Å². The van der Waals surface area contributed by atoms with Gasteiger partial charge in [-0.05, 0) is 56.2 Å². The van der Waals surface area contributed by atoms with Gasteiger partial charge in [-0.15, -0.1) is 0 Å². The van der Waals surface area contributed by atoms with Crippen molar-refractivity contribution in [3.63, 3.8) is 0 Å². The fourth-order valence-electron chi connectivity index (χ4n) is 2.81. The quantitative estimate of drug-likeness (QED) is 0.589. The molecule has 0 spiro atoms.